The maximum Gasteiger partial charge on any atom is 0.124 e. The summed E-state index contributed by atoms with van der Waals surface area (Å²) in [6, 6.07) is 12.0. The lowest BCUT2D eigenvalue weighted by Crippen LogP contribution is -2.20. The second kappa shape index (κ2) is 11.6. The number of hydrogen-bond acceptors (Lipinski definition) is 8. The van der Waals surface area contributed by atoms with Gasteiger partial charge in [-0.15, -0.1) is 0 Å². The molecule has 9 nitrogen and oxygen atoms in total. The van der Waals surface area contributed by atoms with Crippen molar-refractivity contribution in [3.63, 3.8) is 0 Å². The Morgan fingerprint density at radius 1 is 1.03 bits per heavy atom. The van der Waals surface area contributed by atoms with Crippen molar-refractivity contribution < 1.29 is 9.47 Å². The van der Waals surface area contributed by atoms with Gasteiger partial charge < -0.3 is 24.7 Å². The summed E-state index contributed by atoms with van der Waals surface area (Å²) in [6.45, 7) is 5.65. The Hall–Kier alpha value is -4.40. The molecule has 0 aliphatic heterocycles. The number of rotatable bonds is 10. The van der Waals surface area contributed by atoms with Crippen molar-refractivity contribution >= 4 is 34.2 Å². The highest BCUT2D eigenvalue weighted by atomic mass is 16.5. The number of nitrogens with zero attached hydrogens (tertiary/aromatic N) is 6. The molecule has 0 spiro atoms. The molecule has 2 heterocycles. The van der Waals surface area contributed by atoms with E-state index in [-0.39, 0.29) is 0 Å². The quantitative estimate of drug-likeness (QED) is 0.316. The first-order chi connectivity index (χ1) is 17.9. The van der Waals surface area contributed by atoms with Crippen LogP contribution in [0.25, 0.3) is 16.6 Å². The third kappa shape index (κ3) is 5.88. The molecule has 192 valence electrons. The lowest BCUT2D eigenvalue weighted by molar-refractivity contribution is 0.394. The molecular weight excluding hydrogens is 466 g/mol. The van der Waals surface area contributed by atoms with Crippen molar-refractivity contribution in [3.05, 3.63) is 72.2 Å². The maximum absolute atomic E-state index is 5.80. The number of fused-ring (bicyclic) bond motifs is 1. The average Bonchev–Trinajstić information content (AvgIpc) is 3.24. The molecule has 0 saturated carbocycles. The van der Waals surface area contributed by atoms with Crippen LogP contribution in [0.3, 0.4) is 0 Å². The van der Waals surface area contributed by atoms with Gasteiger partial charge in [-0.2, -0.15) is 0 Å². The summed E-state index contributed by atoms with van der Waals surface area (Å²) < 4.78 is 13.3. The molecule has 0 fully saturated rings. The molecule has 0 unspecified atom stereocenters. The number of aryl methyl sites for hydroxylation is 3. The fourth-order valence-corrected chi connectivity index (χ4v) is 4.29. The summed E-state index contributed by atoms with van der Waals surface area (Å²) in [7, 11) is 5.01. The van der Waals surface area contributed by atoms with E-state index in [1.807, 2.05) is 44.2 Å². The molecule has 37 heavy (non-hydrogen) atoms. The Kier molecular flexibility index (Phi) is 8.02. The van der Waals surface area contributed by atoms with Gasteiger partial charge in [-0.1, -0.05) is 0 Å². The second-order valence-electron chi connectivity index (χ2n) is 8.64. The normalized spacial score (nSPS) is 11.9. The Labute approximate surface area is 217 Å². The predicted octanol–water partition coefficient (Wildman–Crippen LogP) is 4.69. The number of anilines is 2. The van der Waals surface area contributed by atoms with Gasteiger partial charge in [-0.05, 0) is 38.5 Å². The van der Waals surface area contributed by atoms with Gasteiger partial charge in [0.15, 0.2) is 0 Å². The molecular formula is C28H33N7O2. The highest BCUT2D eigenvalue weighted by Gasteiger charge is 2.15. The molecule has 0 aliphatic rings. The molecule has 2 N–H and O–H groups in total. The highest BCUT2D eigenvalue weighted by molar-refractivity contribution is 6.09. The molecule has 2 aromatic heterocycles. The largest absolute Gasteiger partial charge is 0.497 e. The number of imidazole rings is 1. The van der Waals surface area contributed by atoms with E-state index in [1.54, 1.807) is 33.7 Å². The van der Waals surface area contributed by atoms with E-state index in [9.17, 15) is 0 Å². The third-order valence-corrected chi connectivity index (χ3v) is 6.11. The van der Waals surface area contributed by atoms with Crippen molar-refractivity contribution in [1.82, 2.24) is 19.5 Å². The second-order valence-corrected chi connectivity index (χ2v) is 8.64. The van der Waals surface area contributed by atoms with Crippen molar-refractivity contribution in [2.24, 2.45) is 10.7 Å². The Balaban J connectivity index is 1.73. The first-order valence-corrected chi connectivity index (χ1v) is 12.1. The van der Waals surface area contributed by atoms with Crippen molar-refractivity contribution in [2.75, 3.05) is 32.7 Å². The minimum Gasteiger partial charge on any atom is -0.497 e. The minimum absolute atomic E-state index is 0.665. The van der Waals surface area contributed by atoms with E-state index in [1.165, 1.54) is 6.20 Å². The van der Waals surface area contributed by atoms with E-state index < -0.39 is 0 Å². The van der Waals surface area contributed by atoms with Crippen LogP contribution in [0.5, 0.6) is 11.5 Å². The van der Waals surface area contributed by atoms with Gasteiger partial charge in [0.2, 0.25) is 0 Å². The summed E-state index contributed by atoms with van der Waals surface area (Å²) in [5.74, 6) is 2.46. The minimum atomic E-state index is 0.665. The first kappa shape index (κ1) is 25.7. The van der Waals surface area contributed by atoms with Crippen molar-refractivity contribution in [2.45, 2.75) is 26.8 Å². The summed E-state index contributed by atoms with van der Waals surface area (Å²) in [5.41, 5.74) is 11.7. The standard InChI is InChI=1S/C28H33N7O2/c1-19-18-34(20(2)32-19)9-6-10-35(23-11-24(36-4)14-25(12-23)37-5)22-7-8-26-27(13-22)33-28(17-31-26)21(15-29)16-30-3/h7-8,11-18H,6,9-10,29H2,1-5H3. The van der Waals surface area contributed by atoms with E-state index >= 15 is 0 Å². The number of nitrogens with two attached hydrogens (primary N) is 1. The SMILES string of the molecule is CN=CC(=CN)c1cnc2ccc(N(CCCn3cc(C)nc3C)c3cc(OC)cc(OC)c3)cc2n1. The van der Waals surface area contributed by atoms with Gasteiger partial charge >= 0.3 is 0 Å². The van der Waals surface area contributed by atoms with Crippen LogP contribution in [0.15, 0.2) is 60.0 Å². The number of aromatic nitrogens is 4. The maximum atomic E-state index is 5.80. The molecule has 0 aliphatic carbocycles. The van der Waals surface area contributed by atoms with Gasteiger partial charge in [-0.3, -0.25) is 9.98 Å². The van der Waals surface area contributed by atoms with Crippen molar-refractivity contribution in [1.29, 1.82) is 0 Å². The van der Waals surface area contributed by atoms with E-state index in [0.29, 0.717) is 11.3 Å². The molecule has 0 amide bonds. The van der Waals surface area contributed by atoms with Gasteiger partial charge in [0.1, 0.15) is 17.3 Å². The zero-order valence-corrected chi connectivity index (χ0v) is 22.0. The van der Waals surface area contributed by atoms with Crippen molar-refractivity contribution in [3.8, 4) is 11.5 Å². The number of methoxy groups -OCH3 is 2. The van der Waals surface area contributed by atoms with Gasteiger partial charge in [0.25, 0.3) is 0 Å². The monoisotopic (exact) mass is 499 g/mol. The molecule has 2 aromatic carbocycles. The van der Waals surface area contributed by atoms with E-state index in [2.05, 4.69) is 36.7 Å². The number of benzene rings is 2. The summed E-state index contributed by atoms with van der Waals surface area (Å²) in [6.07, 6.45) is 7.86. The van der Waals surface area contributed by atoms with Crippen LogP contribution in [0.2, 0.25) is 0 Å². The van der Waals surface area contributed by atoms with Gasteiger partial charge in [0.05, 0.1) is 42.8 Å². The molecule has 0 bridgehead atoms. The average molecular weight is 500 g/mol. The van der Waals surface area contributed by atoms with E-state index in [4.69, 9.17) is 20.2 Å². The van der Waals surface area contributed by atoms with Crippen LogP contribution in [-0.2, 0) is 6.54 Å². The number of aliphatic imine (C=N–C) groups is 1. The molecule has 0 saturated heterocycles. The molecule has 9 heteroatoms. The number of ether oxygens (including phenoxy) is 2. The first-order valence-electron chi connectivity index (χ1n) is 12.1. The molecule has 4 aromatic rings. The highest BCUT2D eigenvalue weighted by Crippen LogP contribution is 2.34. The fraction of sp³-hybridized carbons (Fsp3) is 0.286. The van der Waals surface area contributed by atoms with Crippen LogP contribution in [0.1, 0.15) is 23.6 Å². The molecule has 0 atom stereocenters. The Morgan fingerprint density at radius 2 is 1.78 bits per heavy atom. The molecule has 4 rings (SSSR count). The van der Waals surface area contributed by atoms with Gasteiger partial charge in [0, 0.05) is 73.9 Å². The molecule has 0 radical (unpaired) electrons. The zero-order valence-electron chi connectivity index (χ0n) is 22.0. The number of allylic oxidation sites excluding steroid dienone is 1. The van der Waals surface area contributed by atoms with E-state index in [0.717, 1.165) is 64.9 Å². The summed E-state index contributed by atoms with van der Waals surface area (Å²) in [5, 5.41) is 0. The Morgan fingerprint density at radius 3 is 2.41 bits per heavy atom. The summed E-state index contributed by atoms with van der Waals surface area (Å²) >= 11 is 0. The lowest BCUT2D eigenvalue weighted by Gasteiger charge is -2.26. The smallest absolute Gasteiger partial charge is 0.124 e. The van der Waals surface area contributed by atoms with Crippen LogP contribution in [0, 0.1) is 13.8 Å². The van der Waals surface area contributed by atoms with Crippen LogP contribution in [-0.4, -0.2) is 53.5 Å². The third-order valence-electron chi connectivity index (χ3n) is 6.11. The van der Waals surface area contributed by atoms with Crippen LogP contribution in [0.4, 0.5) is 11.4 Å². The topological polar surface area (TPSA) is 104 Å². The zero-order chi connectivity index (χ0) is 26.4. The summed E-state index contributed by atoms with van der Waals surface area (Å²) in [4.78, 5) is 20.2. The van der Waals surface area contributed by atoms with Crippen LogP contribution < -0.4 is 20.1 Å². The van der Waals surface area contributed by atoms with Crippen LogP contribution >= 0.6 is 0 Å². The Bertz CT molecular complexity index is 1420. The lowest BCUT2D eigenvalue weighted by atomic mass is 10.1. The fourth-order valence-electron chi connectivity index (χ4n) is 4.29. The van der Waals surface area contributed by atoms with Gasteiger partial charge in [-0.25, -0.2) is 9.97 Å². The predicted molar refractivity (Wildman–Crippen MR) is 149 cm³/mol. The number of hydrogen-bond donors (Lipinski definition) is 1.